The minimum absolute atomic E-state index is 0.0496. The summed E-state index contributed by atoms with van der Waals surface area (Å²) in [5.41, 5.74) is 0. The Labute approximate surface area is 134 Å². The molecule has 1 aliphatic heterocycles. The normalized spacial score (nSPS) is 15.2. The van der Waals surface area contributed by atoms with Crippen LogP contribution in [-0.2, 0) is 6.42 Å². The van der Waals surface area contributed by atoms with Crippen LogP contribution in [0.5, 0.6) is 0 Å². The van der Waals surface area contributed by atoms with Crippen molar-refractivity contribution in [2.24, 2.45) is 0 Å². The number of piperazine rings is 1. The second-order valence-corrected chi connectivity index (χ2v) is 5.61. The monoisotopic (exact) mass is 319 g/mol. The second kappa shape index (κ2) is 6.40. The first-order valence-corrected chi connectivity index (χ1v) is 7.80. The lowest BCUT2D eigenvalue weighted by Crippen LogP contribution is -2.49. The van der Waals surface area contributed by atoms with Crippen molar-refractivity contribution in [3.8, 4) is 0 Å². The third-order valence-corrected chi connectivity index (χ3v) is 4.12. The Morgan fingerprint density at radius 2 is 2.05 bits per heavy atom. The summed E-state index contributed by atoms with van der Waals surface area (Å²) in [7, 11) is 0. The van der Waals surface area contributed by atoms with Crippen LogP contribution in [0.3, 0.4) is 0 Å². The zero-order chi connectivity index (χ0) is 15.5. The van der Waals surface area contributed by atoms with Gasteiger partial charge in [-0.2, -0.15) is 0 Å². The maximum Gasteiger partial charge on any atom is 0.289 e. The van der Waals surface area contributed by atoms with E-state index in [1.54, 1.807) is 12.3 Å². The average molecular weight is 320 g/mol. The summed E-state index contributed by atoms with van der Waals surface area (Å²) >= 11 is 6.17. The average Bonchev–Trinajstić information content (AvgIpc) is 3.04. The minimum Gasteiger partial charge on any atom is -0.456 e. The third kappa shape index (κ3) is 2.95. The number of nitrogens with zero attached hydrogens (tertiary/aromatic N) is 3. The summed E-state index contributed by atoms with van der Waals surface area (Å²) in [6.45, 7) is 4.69. The summed E-state index contributed by atoms with van der Waals surface area (Å²) in [6, 6.07) is 7.25. The zero-order valence-corrected chi connectivity index (χ0v) is 13.2. The van der Waals surface area contributed by atoms with Gasteiger partial charge in [0, 0.05) is 38.8 Å². The van der Waals surface area contributed by atoms with Crippen molar-refractivity contribution in [2.75, 3.05) is 31.1 Å². The Hall–Kier alpha value is -2.01. The van der Waals surface area contributed by atoms with E-state index >= 15 is 0 Å². The molecule has 0 unspecified atom stereocenters. The molecule has 3 heterocycles. The number of halogens is 1. The van der Waals surface area contributed by atoms with Crippen molar-refractivity contribution < 1.29 is 9.21 Å². The summed E-state index contributed by atoms with van der Waals surface area (Å²) in [6.07, 6.45) is 2.52. The fourth-order valence-corrected chi connectivity index (χ4v) is 2.81. The Bertz CT molecular complexity index is 663. The van der Waals surface area contributed by atoms with E-state index in [1.165, 1.54) is 0 Å². The predicted octanol–water partition coefficient (Wildman–Crippen LogP) is 2.85. The molecule has 1 fully saturated rings. The Morgan fingerprint density at radius 3 is 2.68 bits per heavy atom. The van der Waals surface area contributed by atoms with Crippen molar-refractivity contribution in [2.45, 2.75) is 13.3 Å². The van der Waals surface area contributed by atoms with E-state index in [2.05, 4.69) is 9.88 Å². The van der Waals surface area contributed by atoms with Gasteiger partial charge in [-0.3, -0.25) is 4.79 Å². The van der Waals surface area contributed by atoms with Crippen LogP contribution >= 0.6 is 11.6 Å². The van der Waals surface area contributed by atoms with Crippen LogP contribution in [0.4, 0.5) is 5.82 Å². The fourth-order valence-electron chi connectivity index (χ4n) is 2.57. The van der Waals surface area contributed by atoms with Gasteiger partial charge in [-0.25, -0.2) is 4.98 Å². The minimum atomic E-state index is -0.0496. The predicted molar refractivity (Wildman–Crippen MR) is 85.4 cm³/mol. The summed E-state index contributed by atoms with van der Waals surface area (Å²) in [5.74, 6) is 1.98. The first-order chi connectivity index (χ1) is 10.7. The lowest BCUT2D eigenvalue weighted by Gasteiger charge is -2.35. The number of furan rings is 1. The number of carbonyl (C=O) groups is 1. The van der Waals surface area contributed by atoms with E-state index in [-0.39, 0.29) is 5.91 Å². The van der Waals surface area contributed by atoms with Gasteiger partial charge in [-0.15, -0.1) is 0 Å². The molecule has 5 nitrogen and oxygen atoms in total. The highest BCUT2D eigenvalue weighted by Gasteiger charge is 2.25. The molecular weight excluding hydrogens is 302 g/mol. The van der Waals surface area contributed by atoms with Gasteiger partial charge in [0.2, 0.25) is 0 Å². The van der Waals surface area contributed by atoms with Crippen LogP contribution < -0.4 is 4.90 Å². The molecule has 116 valence electrons. The SMILES string of the molecule is CCc1ccc(C(=O)N2CCN(c3ncccc3Cl)CC2)o1. The Morgan fingerprint density at radius 1 is 1.27 bits per heavy atom. The molecule has 0 bridgehead atoms. The van der Waals surface area contributed by atoms with Crippen LogP contribution in [0.25, 0.3) is 0 Å². The van der Waals surface area contributed by atoms with Crippen molar-refractivity contribution in [1.82, 2.24) is 9.88 Å². The molecule has 0 spiro atoms. The van der Waals surface area contributed by atoms with E-state index in [0.717, 1.165) is 18.0 Å². The van der Waals surface area contributed by atoms with E-state index in [1.807, 2.05) is 30.0 Å². The Kier molecular flexibility index (Phi) is 4.34. The van der Waals surface area contributed by atoms with Crippen LogP contribution in [-0.4, -0.2) is 42.0 Å². The quantitative estimate of drug-likeness (QED) is 0.873. The molecule has 0 aliphatic carbocycles. The first-order valence-electron chi connectivity index (χ1n) is 7.42. The molecule has 0 aromatic carbocycles. The van der Waals surface area contributed by atoms with Gasteiger partial charge in [0.25, 0.3) is 5.91 Å². The lowest BCUT2D eigenvalue weighted by atomic mass is 10.2. The molecule has 1 saturated heterocycles. The number of amides is 1. The molecular formula is C16H18ClN3O2. The highest BCUT2D eigenvalue weighted by molar-refractivity contribution is 6.32. The molecule has 2 aromatic rings. The molecule has 1 aliphatic rings. The van der Waals surface area contributed by atoms with E-state index in [4.69, 9.17) is 16.0 Å². The highest BCUT2D eigenvalue weighted by Crippen LogP contribution is 2.23. The molecule has 0 atom stereocenters. The fraction of sp³-hybridized carbons (Fsp3) is 0.375. The van der Waals surface area contributed by atoms with Gasteiger partial charge >= 0.3 is 0 Å². The maximum atomic E-state index is 12.4. The van der Waals surface area contributed by atoms with E-state index < -0.39 is 0 Å². The zero-order valence-electron chi connectivity index (χ0n) is 12.5. The molecule has 0 N–H and O–H groups in total. The van der Waals surface area contributed by atoms with Crippen molar-refractivity contribution in [1.29, 1.82) is 0 Å². The number of rotatable bonds is 3. The molecule has 1 amide bonds. The van der Waals surface area contributed by atoms with Crippen molar-refractivity contribution >= 4 is 23.3 Å². The topological polar surface area (TPSA) is 49.6 Å². The summed E-state index contributed by atoms with van der Waals surface area (Å²) < 4.78 is 5.54. The molecule has 6 heteroatoms. The largest absolute Gasteiger partial charge is 0.456 e. The third-order valence-electron chi connectivity index (χ3n) is 3.83. The van der Waals surface area contributed by atoms with Crippen LogP contribution in [0.1, 0.15) is 23.2 Å². The van der Waals surface area contributed by atoms with Crippen molar-refractivity contribution in [3.63, 3.8) is 0 Å². The molecule has 0 radical (unpaired) electrons. The van der Waals surface area contributed by atoms with Crippen LogP contribution in [0.15, 0.2) is 34.9 Å². The first kappa shape index (κ1) is 14.9. The number of aromatic nitrogens is 1. The number of anilines is 1. The van der Waals surface area contributed by atoms with E-state index in [9.17, 15) is 4.79 Å². The van der Waals surface area contributed by atoms with Gasteiger partial charge in [0.1, 0.15) is 11.6 Å². The van der Waals surface area contributed by atoms with Gasteiger partial charge in [-0.1, -0.05) is 18.5 Å². The van der Waals surface area contributed by atoms with Gasteiger partial charge < -0.3 is 14.2 Å². The number of hydrogen-bond acceptors (Lipinski definition) is 4. The molecule has 2 aromatic heterocycles. The summed E-state index contributed by atoms with van der Waals surface area (Å²) in [4.78, 5) is 20.6. The van der Waals surface area contributed by atoms with Gasteiger partial charge in [-0.05, 0) is 24.3 Å². The lowest BCUT2D eigenvalue weighted by molar-refractivity contribution is 0.0712. The van der Waals surface area contributed by atoms with Gasteiger partial charge in [0.15, 0.2) is 5.76 Å². The number of aryl methyl sites for hydroxylation is 1. The van der Waals surface area contributed by atoms with E-state index in [0.29, 0.717) is 37.0 Å². The standard InChI is InChI=1S/C16H18ClN3O2/c1-2-12-5-6-14(22-12)16(21)20-10-8-19(9-11-20)15-13(17)4-3-7-18-15/h3-7H,2,8-11H2,1H3. The smallest absolute Gasteiger partial charge is 0.289 e. The second-order valence-electron chi connectivity index (χ2n) is 5.21. The molecule has 22 heavy (non-hydrogen) atoms. The molecule has 3 rings (SSSR count). The maximum absolute atomic E-state index is 12.4. The molecule has 0 saturated carbocycles. The number of carbonyl (C=O) groups excluding carboxylic acids is 1. The highest BCUT2D eigenvalue weighted by atomic mass is 35.5. The van der Waals surface area contributed by atoms with Gasteiger partial charge in [0.05, 0.1) is 5.02 Å². The summed E-state index contributed by atoms with van der Waals surface area (Å²) in [5, 5.41) is 0.640. The number of pyridine rings is 1. The van der Waals surface area contributed by atoms with Crippen LogP contribution in [0.2, 0.25) is 5.02 Å². The number of hydrogen-bond donors (Lipinski definition) is 0. The van der Waals surface area contributed by atoms with Crippen molar-refractivity contribution in [3.05, 3.63) is 47.0 Å². The Balaban J connectivity index is 1.64. The van der Waals surface area contributed by atoms with Crippen LogP contribution in [0, 0.1) is 0 Å².